The van der Waals surface area contributed by atoms with Crippen LogP contribution in [0.15, 0.2) is 18.3 Å². The molecule has 0 spiro atoms. The van der Waals surface area contributed by atoms with Crippen molar-refractivity contribution in [2.24, 2.45) is 0 Å². The first kappa shape index (κ1) is 23.9. The number of ether oxygens (including phenoxy) is 1. The first-order chi connectivity index (χ1) is 13.3. The molecule has 1 fully saturated rings. The van der Waals surface area contributed by atoms with Gasteiger partial charge in [-0.1, -0.05) is 27.7 Å². The van der Waals surface area contributed by atoms with Crippen LogP contribution in [0.25, 0.3) is 5.65 Å². The van der Waals surface area contributed by atoms with Crippen molar-refractivity contribution in [3.8, 4) is 0 Å². The van der Waals surface area contributed by atoms with Gasteiger partial charge in [-0.25, -0.2) is 14.3 Å². The number of carbonyl (C=O) groups is 1. The van der Waals surface area contributed by atoms with Gasteiger partial charge >= 0.3 is 6.09 Å². The summed E-state index contributed by atoms with van der Waals surface area (Å²) in [7, 11) is 0. The van der Waals surface area contributed by atoms with Crippen molar-refractivity contribution in [2.45, 2.75) is 92.7 Å². The van der Waals surface area contributed by atoms with Crippen LogP contribution in [0.5, 0.6) is 0 Å². The van der Waals surface area contributed by atoms with Crippen LogP contribution in [0.2, 0.25) is 0 Å². The number of rotatable bonds is 2. The van der Waals surface area contributed by atoms with E-state index in [1.54, 1.807) is 6.20 Å². The Morgan fingerprint density at radius 3 is 2.50 bits per heavy atom. The van der Waals surface area contributed by atoms with E-state index >= 15 is 0 Å². The topological polar surface area (TPSA) is 59.7 Å². The smallest absolute Gasteiger partial charge is 0.410 e. The Bertz CT molecular complexity index is 734. The molecule has 0 bridgehead atoms. The second-order valence-electron chi connectivity index (χ2n) is 7.47. The lowest BCUT2D eigenvalue weighted by Crippen LogP contribution is -2.47. The molecule has 1 atom stereocenters. The van der Waals surface area contributed by atoms with Gasteiger partial charge in [0.15, 0.2) is 5.65 Å². The molecule has 0 aromatic carbocycles. The summed E-state index contributed by atoms with van der Waals surface area (Å²) in [4.78, 5) is 19.1. The van der Waals surface area contributed by atoms with E-state index in [9.17, 15) is 4.79 Å². The highest BCUT2D eigenvalue weighted by Crippen LogP contribution is 2.24. The van der Waals surface area contributed by atoms with Crippen LogP contribution in [0.1, 0.15) is 79.1 Å². The number of aryl methyl sites for hydroxylation is 1. The average molecular weight is 391 g/mol. The van der Waals surface area contributed by atoms with Gasteiger partial charge in [-0.15, -0.1) is 0 Å². The Kier molecular flexibility index (Phi) is 9.42. The largest absolute Gasteiger partial charge is 0.444 e. The van der Waals surface area contributed by atoms with Crippen molar-refractivity contribution >= 4 is 11.7 Å². The molecule has 0 saturated carbocycles. The van der Waals surface area contributed by atoms with Crippen LogP contribution < -0.4 is 0 Å². The highest BCUT2D eigenvalue weighted by Gasteiger charge is 2.31. The van der Waals surface area contributed by atoms with Crippen LogP contribution in [0, 0.1) is 6.92 Å². The van der Waals surface area contributed by atoms with Gasteiger partial charge in [0.1, 0.15) is 5.60 Å². The van der Waals surface area contributed by atoms with Gasteiger partial charge in [0.25, 0.3) is 0 Å². The predicted molar refractivity (Wildman–Crippen MR) is 115 cm³/mol. The van der Waals surface area contributed by atoms with Crippen LogP contribution in [-0.2, 0) is 11.2 Å². The van der Waals surface area contributed by atoms with E-state index in [1.165, 1.54) is 0 Å². The van der Waals surface area contributed by atoms with Crippen molar-refractivity contribution in [3.63, 3.8) is 0 Å². The van der Waals surface area contributed by atoms with Crippen LogP contribution in [0.4, 0.5) is 4.79 Å². The van der Waals surface area contributed by atoms with Gasteiger partial charge in [0.05, 0.1) is 11.4 Å². The third kappa shape index (κ3) is 6.21. The minimum Gasteiger partial charge on any atom is -0.444 e. The van der Waals surface area contributed by atoms with Crippen molar-refractivity contribution in [3.05, 3.63) is 29.7 Å². The first-order valence-electron chi connectivity index (χ1n) is 10.6. The molecule has 1 aliphatic rings. The molecule has 3 rings (SSSR count). The van der Waals surface area contributed by atoms with E-state index in [0.29, 0.717) is 0 Å². The molecule has 3 heterocycles. The maximum absolute atomic E-state index is 12.5. The van der Waals surface area contributed by atoms with Crippen molar-refractivity contribution in [2.75, 3.05) is 6.54 Å². The second kappa shape index (κ2) is 11.0. The number of likely N-dealkylation sites (tertiary alicyclic amines) is 1. The summed E-state index contributed by atoms with van der Waals surface area (Å²) in [6, 6.07) is 3.98. The van der Waals surface area contributed by atoms with Crippen molar-refractivity contribution in [1.29, 1.82) is 0 Å². The summed E-state index contributed by atoms with van der Waals surface area (Å²) in [5.41, 5.74) is 2.43. The molecule has 6 nitrogen and oxygen atoms in total. The molecule has 0 unspecified atom stereocenters. The number of piperidine rings is 1. The predicted octanol–water partition coefficient (Wildman–Crippen LogP) is 5.42. The Morgan fingerprint density at radius 1 is 1.21 bits per heavy atom. The number of nitrogens with zero attached hydrogens (tertiary/aromatic N) is 4. The van der Waals surface area contributed by atoms with Gasteiger partial charge in [0.2, 0.25) is 0 Å². The third-order valence-corrected chi connectivity index (χ3v) is 4.40. The Morgan fingerprint density at radius 2 is 1.89 bits per heavy atom. The monoisotopic (exact) mass is 390 g/mol. The van der Waals surface area contributed by atoms with Crippen molar-refractivity contribution < 1.29 is 9.53 Å². The molecule has 1 aliphatic heterocycles. The average Bonchev–Trinajstić information content (AvgIpc) is 3.00. The molecule has 0 radical (unpaired) electrons. The van der Waals surface area contributed by atoms with Gasteiger partial charge in [-0.3, -0.25) is 0 Å². The number of hydrogen-bond acceptors (Lipinski definition) is 4. The standard InChI is InChI=1S/C18H26N4O2.2C2H6/c1-13-15(20-16-9-7-10-19-22(13)16)12-14-8-5-6-11-21(14)17(23)24-18(2,3)4;2*1-2/h7,9-10,14H,5-6,8,11-12H2,1-4H3;2*1-2H3/t14-;;/m0../s1. The van der Waals surface area contributed by atoms with E-state index in [2.05, 4.69) is 5.10 Å². The quantitative estimate of drug-likeness (QED) is 0.687. The summed E-state index contributed by atoms with van der Waals surface area (Å²) >= 11 is 0. The van der Waals surface area contributed by atoms with E-state index < -0.39 is 5.60 Å². The second-order valence-corrected chi connectivity index (χ2v) is 7.47. The van der Waals surface area contributed by atoms with Crippen LogP contribution >= 0.6 is 0 Å². The zero-order valence-electron chi connectivity index (χ0n) is 19.0. The maximum Gasteiger partial charge on any atom is 0.410 e. The summed E-state index contributed by atoms with van der Waals surface area (Å²) in [5, 5.41) is 4.35. The number of hydrogen-bond donors (Lipinski definition) is 0. The highest BCUT2D eigenvalue weighted by molar-refractivity contribution is 5.68. The molecule has 28 heavy (non-hydrogen) atoms. The number of amides is 1. The van der Waals surface area contributed by atoms with E-state index in [1.807, 2.05) is 76.9 Å². The molecule has 1 amide bonds. The molecule has 158 valence electrons. The molecule has 2 aromatic rings. The summed E-state index contributed by atoms with van der Waals surface area (Å²) < 4.78 is 7.44. The summed E-state index contributed by atoms with van der Waals surface area (Å²) in [5.74, 6) is 0. The summed E-state index contributed by atoms with van der Waals surface area (Å²) in [6.07, 6.45) is 5.44. The Hall–Kier alpha value is -2.11. The normalized spacial score (nSPS) is 16.6. The third-order valence-electron chi connectivity index (χ3n) is 4.40. The SMILES string of the molecule is CC.CC.Cc1c(C[C@@H]2CCCCN2C(=O)OC(C)(C)C)nc2cccnn12. The molecule has 2 aromatic heterocycles. The molecule has 1 saturated heterocycles. The number of imidazole rings is 1. The van der Waals surface area contributed by atoms with Gasteiger partial charge in [-0.05, 0) is 59.1 Å². The van der Waals surface area contributed by atoms with E-state index in [4.69, 9.17) is 9.72 Å². The zero-order valence-corrected chi connectivity index (χ0v) is 19.0. The lowest BCUT2D eigenvalue weighted by Gasteiger charge is -2.36. The fourth-order valence-electron chi connectivity index (χ4n) is 3.24. The minimum atomic E-state index is -0.470. The fourth-order valence-corrected chi connectivity index (χ4v) is 3.24. The van der Waals surface area contributed by atoms with E-state index in [-0.39, 0.29) is 12.1 Å². The van der Waals surface area contributed by atoms with Crippen LogP contribution in [-0.4, -0.2) is 43.8 Å². The molecule has 0 N–H and O–H groups in total. The minimum absolute atomic E-state index is 0.136. The molecule has 6 heteroatoms. The lowest BCUT2D eigenvalue weighted by molar-refractivity contribution is 0.00984. The van der Waals surface area contributed by atoms with Gasteiger partial charge in [0, 0.05) is 25.2 Å². The molecular formula is C22H38N4O2. The van der Waals surface area contributed by atoms with E-state index in [0.717, 1.165) is 49.3 Å². The number of fused-ring (bicyclic) bond motifs is 1. The van der Waals surface area contributed by atoms with Gasteiger partial charge < -0.3 is 9.64 Å². The first-order valence-corrected chi connectivity index (χ1v) is 10.6. The fraction of sp³-hybridized carbons (Fsp3) is 0.682. The Labute approximate surface area is 170 Å². The van der Waals surface area contributed by atoms with Gasteiger partial charge in [-0.2, -0.15) is 5.10 Å². The van der Waals surface area contributed by atoms with Crippen molar-refractivity contribution in [1.82, 2.24) is 19.5 Å². The highest BCUT2D eigenvalue weighted by atomic mass is 16.6. The lowest BCUT2D eigenvalue weighted by atomic mass is 9.98. The molecular weight excluding hydrogens is 352 g/mol. The zero-order chi connectivity index (χ0) is 21.3. The number of carbonyl (C=O) groups excluding carboxylic acids is 1. The summed E-state index contributed by atoms with van der Waals surface area (Å²) in [6.45, 7) is 16.5. The maximum atomic E-state index is 12.5. The number of aromatic nitrogens is 3. The Balaban J connectivity index is 0.000000921. The molecule has 0 aliphatic carbocycles. The van der Waals surface area contributed by atoms with Crippen LogP contribution in [0.3, 0.4) is 0 Å².